The fourth-order valence-corrected chi connectivity index (χ4v) is 4.43. The molecule has 29 heavy (non-hydrogen) atoms. The number of rotatable bonds is 8. The third-order valence-corrected chi connectivity index (χ3v) is 6.27. The largest absolute Gasteiger partial charge is 0.494 e. The molecule has 5 nitrogen and oxygen atoms in total. The summed E-state index contributed by atoms with van der Waals surface area (Å²) in [6.45, 7) is 2.32. The lowest BCUT2D eigenvalue weighted by Gasteiger charge is -2.32. The molecular formula is C21H24ClFN2O3S. The molecule has 0 saturated carbocycles. The topological polar surface area (TPSA) is 58.6 Å². The first kappa shape index (κ1) is 21.7. The van der Waals surface area contributed by atoms with Gasteiger partial charge in [0.1, 0.15) is 0 Å². The number of methoxy groups -OCH3 is 1. The molecule has 1 saturated heterocycles. The number of Topliss-reactive ketones (excluding diaryl/α,β-unsaturated/α-hetero) is 1. The van der Waals surface area contributed by atoms with E-state index in [9.17, 15) is 14.0 Å². The molecule has 1 N–H and O–H groups in total. The van der Waals surface area contributed by atoms with Gasteiger partial charge in [0.05, 0.1) is 16.3 Å². The third kappa shape index (κ3) is 6.26. The van der Waals surface area contributed by atoms with Crippen molar-refractivity contribution in [2.45, 2.75) is 38.3 Å². The van der Waals surface area contributed by atoms with Gasteiger partial charge in [0.15, 0.2) is 17.3 Å². The molecule has 1 fully saturated rings. The Bertz CT molecular complexity index is 865. The van der Waals surface area contributed by atoms with Crippen molar-refractivity contribution in [3.63, 3.8) is 0 Å². The minimum atomic E-state index is -0.355. The Hall–Kier alpha value is -1.96. The van der Waals surface area contributed by atoms with Gasteiger partial charge in [-0.25, -0.2) is 4.39 Å². The Kier molecular flexibility index (Phi) is 7.64. The predicted octanol–water partition coefficient (Wildman–Crippen LogP) is 4.29. The van der Waals surface area contributed by atoms with Crippen LogP contribution in [-0.2, 0) is 11.3 Å². The van der Waals surface area contributed by atoms with E-state index in [2.05, 4.69) is 10.2 Å². The van der Waals surface area contributed by atoms with Crippen LogP contribution in [0.4, 0.5) is 4.39 Å². The van der Waals surface area contributed by atoms with Gasteiger partial charge >= 0.3 is 0 Å². The number of nitrogens with one attached hydrogen (secondary N) is 1. The van der Waals surface area contributed by atoms with E-state index in [-0.39, 0.29) is 42.1 Å². The van der Waals surface area contributed by atoms with Gasteiger partial charge in [-0.2, -0.15) is 0 Å². The van der Waals surface area contributed by atoms with E-state index in [1.54, 1.807) is 18.2 Å². The van der Waals surface area contributed by atoms with Crippen molar-refractivity contribution in [3.05, 3.63) is 50.9 Å². The molecule has 2 heterocycles. The number of carbonyl (C=O) groups is 2. The van der Waals surface area contributed by atoms with Crippen molar-refractivity contribution >= 4 is 34.6 Å². The number of ether oxygens (including phenoxy) is 1. The standard InChI is InChI=1S/C21H24ClFN2O3S/c1-28-18-4-2-14(12-16(18)23)13-25-10-8-15(9-11-25)24-21(27)7-3-17(26)19-5-6-20(22)29-19/h2,4-6,12,15H,3,7-11,13H2,1H3,(H,24,27). The maximum atomic E-state index is 13.8. The Balaban J connectivity index is 1.38. The molecule has 0 aliphatic carbocycles. The molecule has 1 aliphatic heterocycles. The predicted molar refractivity (Wildman–Crippen MR) is 112 cm³/mol. The summed E-state index contributed by atoms with van der Waals surface area (Å²) in [5.74, 6) is -0.266. The van der Waals surface area contributed by atoms with Gasteiger partial charge in [0, 0.05) is 38.5 Å². The van der Waals surface area contributed by atoms with Gasteiger partial charge in [-0.3, -0.25) is 14.5 Å². The van der Waals surface area contributed by atoms with E-state index < -0.39 is 0 Å². The minimum Gasteiger partial charge on any atom is -0.494 e. The molecule has 8 heteroatoms. The number of nitrogens with zero attached hydrogens (tertiary/aromatic N) is 1. The molecule has 0 spiro atoms. The number of thiophene rings is 1. The van der Waals surface area contributed by atoms with Crippen LogP contribution >= 0.6 is 22.9 Å². The Morgan fingerprint density at radius 1 is 1.24 bits per heavy atom. The van der Waals surface area contributed by atoms with Crippen LogP contribution in [0.1, 0.15) is 40.9 Å². The Labute approximate surface area is 178 Å². The summed E-state index contributed by atoms with van der Waals surface area (Å²) in [5.41, 5.74) is 0.901. The maximum Gasteiger partial charge on any atom is 0.220 e. The lowest BCUT2D eigenvalue weighted by Crippen LogP contribution is -2.44. The van der Waals surface area contributed by atoms with Crippen LogP contribution in [0.25, 0.3) is 0 Å². The first-order chi connectivity index (χ1) is 13.9. The molecule has 156 valence electrons. The number of benzene rings is 1. The van der Waals surface area contributed by atoms with E-state index in [0.717, 1.165) is 31.5 Å². The zero-order valence-corrected chi connectivity index (χ0v) is 17.8. The fourth-order valence-electron chi connectivity index (χ4n) is 3.42. The van der Waals surface area contributed by atoms with Crippen molar-refractivity contribution in [1.82, 2.24) is 10.2 Å². The van der Waals surface area contributed by atoms with Gasteiger partial charge in [0.2, 0.25) is 5.91 Å². The van der Waals surface area contributed by atoms with Crippen LogP contribution < -0.4 is 10.1 Å². The number of amides is 1. The van der Waals surface area contributed by atoms with Gasteiger partial charge < -0.3 is 10.1 Å². The zero-order valence-electron chi connectivity index (χ0n) is 16.2. The number of carbonyl (C=O) groups excluding carboxylic acids is 2. The maximum absolute atomic E-state index is 13.8. The summed E-state index contributed by atoms with van der Waals surface area (Å²) in [4.78, 5) is 27.1. The molecule has 1 aromatic heterocycles. The molecule has 0 radical (unpaired) electrons. The van der Waals surface area contributed by atoms with E-state index in [1.165, 1.54) is 24.5 Å². The number of ketones is 1. The van der Waals surface area contributed by atoms with Crippen molar-refractivity contribution in [2.24, 2.45) is 0 Å². The molecule has 1 aliphatic rings. The average molecular weight is 439 g/mol. The van der Waals surface area contributed by atoms with Crippen molar-refractivity contribution in [2.75, 3.05) is 20.2 Å². The molecule has 0 atom stereocenters. The van der Waals surface area contributed by atoms with Crippen LogP contribution in [0.2, 0.25) is 4.34 Å². The van der Waals surface area contributed by atoms with E-state index in [1.807, 2.05) is 6.07 Å². The summed E-state index contributed by atoms with van der Waals surface area (Å²) in [6.07, 6.45) is 2.03. The zero-order chi connectivity index (χ0) is 20.8. The van der Waals surface area contributed by atoms with Crippen LogP contribution in [0, 0.1) is 5.82 Å². The van der Waals surface area contributed by atoms with Gasteiger partial charge in [-0.15, -0.1) is 11.3 Å². The first-order valence-electron chi connectivity index (χ1n) is 9.57. The SMILES string of the molecule is COc1ccc(CN2CCC(NC(=O)CCC(=O)c3ccc(Cl)s3)CC2)cc1F. The van der Waals surface area contributed by atoms with Crippen LogP contribution in [0.15, 0.2) is 30.3 Å². The van der Waals surface area contributed by atoms with Gasteiger partial charge in [-0.1, -0.05) is 17.7 Å². The highest BCUT2D eigenvalue weighted by Crippen LogP contribution is 2.23. The van der Waals surface area contributed by atoms with Crippen molar-refractivity contribution in [3.8, 4) is 5.75 Å². The first-order valence-corrected chi connectivity index (χ1v) is 10.8. The Morgan fingerprint density at radius 3 is 2.62 bits per heavy atom. The summed E-state index contributed by atoms with van der Waals surface area (Å²) >= 11 is 7.07. The summed E-state index contributed by atoms with van der Waals surface area (Å²) in [6, 6.07) is 8.50. The number of piperidine rings is 1. The van der Waals surface area contributed by atoms with E-state index in [0.29, 0.717) is 15.8 Å². The smallest absolute Gasteiger partial charge is 0.220 e. The van der Waals surface area contributed by atoms with Crippen LogP contribution in [0.3, 0.4) is 0 Å². The minimum absolute atomic E-state index is 0.0569. The average Bonchev–Trinajstić information content (AvgIpc) is 3.14. The van der Waals surface area contributed by atoms with Crippen molar-refractivity contribution in [1.29, 1.82) is 0 Å². The lowest BCUT2D eigenvalue weighted by atomic mass is 10.0. The second kappa shape index (κ2) is 10.2. The van der Waals surface area contributed by atoms with Crippen LogP contribution in [0.5, 0.6) is 5.75 Å². The lowest BCUT2D eigenvalue weighted by molar-refractivity contribution is -0.122. The number of hydrogen-bond donors (Lipinski definition) is 1. The highest BCUT2D eigenvalue weighted by atomic mass is 35.5. The van der Waals surface area contributed by atoms with E-state index >= 15 is 0 Å². The molecule has 0 unspecified atom stereocenters. The third-order valence-electron chi connectivity index (χ3n) is 5.00. The molecule has 0 bridgehead atoms. The van der Waals surface area contributed by atoms with Gasteiger partial charge in [-0.05, 0) is 42.7 Å². The monoisotopic (exact) mass is 438 g/mol. The van der Waals surface area contributed by atoms with Gasteiger partial charge in [0.25, 0.3) is 0 Å². The summed E-state index contributed by atoms with van der Waals surface area (Å²) < 4.78 is 19.3. The highest BCUT2D eigenvalue weighted by molar-refractivity contribution is 7.18. The Morgan fingerprint density at radius 2 is 2.00 bits per heavy atom. The fraction of sp³-hybridized carbons (Fsp3) is 0.429. The second-order valence-electron chi connectivity index (χ2n) is 7.11. The number of halogens is 2. The highest BCUT2D eigenvalue weighted by Gasteiger charge is 2.21. The number of likely N-dealkylation sites (tertiary alicyclic amines) is 1. The summed E-state index contributed by atoms with van der Waals surface area (Å²) in [5, 5.41) is 3.02. The van der Waals surface area contributed by atoms with Crippen molar-refractivity contribution < 1.29 is 18.7 Å². The second-order valence-corrected chi connectivity index (χ2v) is 8.83. The molecular weight excluding hydrogens is 415 g/mol. The van der Waals surface area contributed by atoms with E-state index in [4.69, 9.17) is 16.3 Å². The molecule has 1 amide bonds. The summed E-state index contributed by atoms with van der Waals surface area (Å²) in [7, 11) is 1.45. The normalized spacial score (nSPS) is 15.3. The quantitative estimate of drug-likeness (QED) is 0.624. The molecule has 1 aromatic carbocycles. The molecule has 2 aromatic rings. The molecule has 3 rings (SSSR count). The number of hydrogen-bond acceptors (Lipinski definition) is 5. The van der Waals surface area contributed by atoms with Crippen LogP contribution in [-0.4, -0.2) is 42.8 Å².